The highest BCUT2D eigenvalue weighted by molar-refractivity contribution is 5.75. The van der Waals surface area contributed by atoms with Crippen molar-refractivity contribution in [1.29, 1.82) is 0 Å². The minimum atomic E-state index is -0.236. The van der Waals surface area contributed by atoms with Crippen LogP contribution in [0.4, 0.5) is 0 Å². The van der Waals surface area contributed by atoms with E-state index in [2.05, 4.69) is 19.2 Å². The van der Waals surface area contributed by atoms with Gasteiger partial charge in [-0.05, 0) is 32.6 Å². The Bertz CT molecular complexity index is 492. The van der Waals surface area contributed by atoms with Gasteiger partial charge in [-0.2, -0.15) is 0 Å². The van der Waals surface area contributed by atoms with Gasteiger partial charge in [0.1, 0.15) is 13.1 Å². The lowest BCUT2D eigenvalue weighted by Gasteiger charge is -2.22. The summed E-state index contributed by atoms with van der Waals surface area (Å²) in [6.07, 6.45) is 6.31. The summed E-state index contributed by atoms with van der Waals surface area (Å²) in [6.45, 7) is 9.30. The predicted molar refractivity (Wildman–Crippen MR) is 100 cm³/mol. The van der Waals surface area contributed by atoms with Crippen LogP contribution in [0.25, 0.3) is 0 Å². The number of carbonyl (C=O) groups is 1. The largest absolute Gasteiger partial charge is 1.00 e. The van der Waals surface area contributed by atoms with Gasteiger partial charge < -0.3 is 39.8 Å². The molecule has 2 rings (SSSR count). The monoisotopic (exact) mass is 418 g/mol. The minimum Gasteiger partial charge on any atom is -1.00 e. The first-order chi connectivity index (χ1) is 12.2. The number of nitrogens with one attached hydrogen (secondary N) is 1. The van der Waals surface area contributed by atoms with Crippen LogP contribution in [-0.2, 0) is 9.53 Å². The Morgan fingerprint density at radius 3 is 2.33 bits per heavy atom. The Hall–Kier alpha value is -0.810. The van der Waals surface area contributed by atoms with E-state index in [-0.39, 0.29) is 36.8 Å². The summed E-state index contributed by atoms with van der Waals surface area (Å²) in [6, 6.07) is 9.83. The quantitative estimate of drug-likeness (QED) is 0.375. The number of ether oxygens (including phenoxy) is 1. The van der Waals surface area contributed by atoms with Crippen LogP contribution in [-0.4, -0.2) is 38.8 Å². The van der Waals surface area contributed by atoms with Crippen LogP contribution in [0.1, 0.15) is 57.6 Å². The first kappa shape index (κ1) is 26.2. The zero-order valence-electron chi connectivity index (χ0n) is 16.8. The number of nitrogens with two attached hydrogens (primary N) is 1. The number of halogens is 2. The minimum absolute atomic E-state index is 0. The van der Waals surface area contributed by atoms with E-state index in [1.54, 1.807) is 4.90 Å². The van der Waals surface area contributed by atoms with Crippen LogP contribution in [0.5, 0.6) is 0 Å². The smallest absolute Gasteiger partial charge is 0.369 e. The summed E-state index contributed by atoms with van der Waals surface area (Å²) in [4.78, 5) is 14.3. The van der Waals surface area contributed by atoms with E-state index < -0.39 is 0 Å². The molecule has 6 heteroatoms. The van der Waals surface area contributed by atoms with Crippen molar-refractivity contribution in [3.63, 3.8) is 0 Å². The maximum Gasteiger partial charge on any atom is 0.369 e. The average Bonchev–Trinajstić information content (AvgIpc) is 2.68. The molecule has 1 aliphatic carbocycles. The van der Waals surface area contributed by atoms with Gasteiger partial charge in [-0.15, -0.1) is 0 Å². The molecule has 0 aliphatic heterocycles. The third kappa shape index (κ3) is 9.29. The number of hydrogen-bond donors (Lipinski definition) is 2. The number of likely N-dealkylation sites (N-methyl/N-ethyl adjacent to an activating group) is 1. The van der Waals surface area contributed by atoms with Crippen molar-refractivity contribution in [3.05, 3.63) is 35.9 Å². The topological polar surface area (TPSA) is 47.4 Å². The summed E-state index contributed by atoms with van der Waals surface area (Å²) >= 11 is 0. The van der Waals surface area contributed by atoms with Crippen molar-refractivity contribution in [2.24, 2.45) is 5.92 Å². The van der Waals surface area contributed by atoms with Gasteiger partial charge in [0.2, 0.25) is 6.04 Å². The van der Waals surface area contributed by atoms with E-state index >= 15 is 0 Å². The normalized spacial score (nSPS) is 15.5. The molecule has 1 aromatic rings. The summed E-state index contributed by atoms with van der Waals surface area (Å²) in [5.74, 6) is 0.487. The van der Waals surface area contributed by atoms with Gasteiger partial charge in [0.25, 0.3) is 0 Å². The van der Waals surface area contributed by atoms with Crippen LogP contribution in [0, 0.1) is 5.92 Å². The van der Waals surface area contributed by atoms with Crippen molar-refractivity contribution in [2.45, 2.75) is 52.0 Å². The lowest BCUT2D eigenvalue weighted by atomic mass is 9.90. The molecule has 0 aromatic heterocycles. The molecule has 0 spiro atoms. The molecule has 0 saturated heterocycles. The molecular formula is C21H36Cl2N2O2. The zero-order chi connectivity index (χ0) is 17.9. The molecule has 0 radical (unpaired) electrons. The van der Waals surface area contributed by atoms with Crippen LogP contribution in [0.2, 0.25) is 0 Å². The second kappa shape index (κ2) is 15.2. The summed E-state index contributed by atoms with van der Waals surface area (Å²) < 4.78 is 5.73. The molecule has 4 nitrogen and oxygen atoms in total. The molecule has 1 atom stereocenters. The van der Waals surface area contributed by atoms with Crippen molar-refractivity contribution >= 4 is 5.97 Å². The molecule has 0 bridgehead atoms. The molecule has 1 saturated carbocycles. The van der Waals surface area contributed by atoms with Crippen molar-refractivity contribution < 1.29 is 44.6 Å². The van der Waals surface area contributed by atoms with E-state index in [1.165, 1.54) is 32.1 Å². The molecule has 156 valence electrons. The standard InChI is InChI=1S/C21H34N2O2.2ClH/c1-3-23(4-2)16-15-22-20(19-13-9-6-10-14-19)21(24)25-17-18-11-7-5-8-12-18;;/h6,9-10,13-14,18,20,22H,3-5,7-8,11-12,15-17H2,1-2H3;2*1H. The number of hydrogen-bond acceptors (Lipinski definition) is 2. The third-order valence-electron chi connectivity index (χ3n) is 5.50. The first-order valence-electron chi connectivity index (χ1n) is 10.1. The third-order valence-corrected chi connectivity index (χ3v) is 5.50. The lowest BCUT2D eigenvalue weighted by molar-refractivity contribution is -0.910. The van der Waals surface area contributed by atoms with Crippen LogP contribution in [0.3, 0.4) is 0 Å². The fourth-order valence-corrected chi connectivity index (χ4v) is 3.73. The van der Waals surface area contributed by atoms with Crippen molar-refractivity contribution in [1.82, 2.24) is 0 Å². The maximum atomic E-state index is 12.7. The van der Waals surface area contributed by atoms with Gasteiger partial charge in [-0.1, -0.05) is 49.6 Å². The molecule has 27 heavy (non-hydrogen) atoms. The van der Waals surface area contributed by atoms with Crippen molar-refractivity contribution in [3.8, 4) is 0 Å². The summed E-state index contributed by atoms with van der Waals surface area (Å²) in [5.41, 5.74) is 1.05. The Kier molecular flexibility index (Phi) is 14.7. The molecule has 3 N–H and O–H groups in total. The van der Waals surface area contributed by atoms with Crippen LogP contribution >= 0.6 is 0 Å². The summed E-state index contributed by atoms with van der Waals surface area (Å²) in [7, 11) is 0. The van der Waals surface area contributed by atoms with Gasteiger partial charge >= 0.3 is 5.97 Å². The molecule has 1 aromatic carbocycles. The van der Waals surface area contributed by atoms with Gasteiger partial charge in [0.15, 0.2) is 0 Å². The fourth-order valence-electron chi connectivity index (χ4n) is 3.73. The number of rotatable bonds is 10. The second-order valence-electron chi connectivity index (χ2n) is 7.25. The Balaban J connectivity index is 0.00000338. The van der Waals surface area contributed by atoms with E-state index in [1.807, 2.05) is 30.3 Å². The Morgan fingerprint density at radius 1 is 1.11 bits per heavy atom. The SMILES string of the molecule is CC[NH+](CC)CC[NH2+]C(C(=O)OCC1CCCCC1)c1ccccc1.[Cl-].[Cl-]. The van der Waals surface area contributed by atoms with Gasteiger partial charge in [-0.3, -0.25) is 0 Å². The number of quaternary nitrogens is 2. The lowest BCUT2D eigenvalue weighted by Crippen LogP contribution is -3.14. The first-order valence-corrected chi connectivity index (χ1v) is 10.1. The van der Waals surface area contributed by atoms with E-state index in [0.29, 0.717) is 12.5 Å². The van der Waals surface area contributed by atoms with Gasteiger partial charge in [0, 0.05) is 5.56 Å². The highest BCUT2D eigenvalue weighted by atomic mass is 35.5. The number of carbonyl (C=O) groups excluding carboxylic acids is 1. The second-order valence-corrected chi connectivity index (χ2v) is 7.25. The van der Waals surface area contributed by atoms with Gasteiger partial charge in [-0.25, -0.2) is 4.79 Å². The molecule has 0 heterocycles. The summed E-state index contributed by atoms with van der Waals surface area (Å²) in [5, 5.41) is 2.16. The fraction of sp³-hybridized carbons (Fsp3) is 0.667. The highest BCUT2D eigenvalue weighted by Gasteiger charge is 2.27. The Labute approximate surface area is 177 Å². The molecule has 1 unspecified atom stereocenters. The molecule has 1 aliphatic rings. The molecule has 0 amide bonds. The number of esters is 1. The highest BCUT2D eigenvalue weighted by Crippen LogP contribution is 2.24. The van der Waals surface area contributed by atoms with E-state index in [0.717, 1.165) is 31.7 Å². The Morgan fingerprint density at radius 2 is 1.74 bits per heavy atom. The van der Waals surface area contributed by atoms with Gasteiger partial charge in [0.05, 0.1) is 19.7 Å². The molecule has 1 fully saturated rings. The number of benzene rings is 1. The average molecular weight is 419 g/mol. The predicted octanol–water partition coefficient (Wildman–Crippen LogP) is -4.65. The van der Waals surface area contributed by atoms with E-state index in [4.69, 9.17) is 4.74 Å². The van der Waals surface area contributed by atoms with E-state index in [9.17, 15) is 4.79 Å². The maximum absolute atomic E-state index is 12.7. The van der Waals surface area contributed by atoms with Crippen LogP contribution < -0.4 is 35.0 Å². The van der Waals surface area contributed by atoms with Crippen LogP contribution in [0.15, 0.2) is 30.3 Å². The molecular weight excluding hydrogens is 383 g/mol. The zero-order valence-corrected chi connectivity index (χ0v) is 18.3. The van der Waals surface area contributed by atoms with Crippen molar-refractivity contribution in [2.75, 3.05) is 32.8 Å².